The van der Waals surface area contributed by atoms with Crippen molar-refractivity contribution in [3.63, 3.8) is 0 Å². The van der Waals surface area contributed by atoms with E-state index in [9.17, 15) is 0 Å². The molecule has 1 aromatic carbocycles. The van der Waals surface area contributed by atoms with Gasteiger partial charge in [-0.3, -0.25) is 0 Å². The highest BCUT2D eigenvalue weighted by Gasteiger charge is 2.16. The van der Waals surface area contributed by atoms with Gasteiger partial charge in [0.05, 0.1) is 5.52 Å². The van der Waals surface area contributed by atoms with Crippen LogP contribution in [-0.4, -0.2) is 11.1 Å². The first kappa shape index (κ1) is 10.8. The molecule has 2 aromatic rings. The zero-order valence-corrected chi connectivity index (χ0v) is 10.4. The molecular weight excluding hydrogens is 208 g/mol. The van der Waals surface area contributed by atoms with Crippen molar-refractivity contribution in [2.75, 3.05) is 6.54 Å². The number of aromatic nitrogens is 1. The molecule has 1 atom stereocenters. The third kappa shape index (κ3) is 1.77. The molecule has 0 amide bonds. The van der Waals surface area contributed by atoms with E-state index in [2.05, 4.69) is 35.9 Å². The van der Waals surface area contributed by atoms with E-state index in [0.29, 0.717) is 5.92 Å². The van der Waals surface area contributed by atoms with Crippen LogP contribution in [0.2, 0.25) is 0 Å². The summed E-state index contributed by atoms with van der Waals surface area (Å²) in [5.41, 5.74) is 10.2. The zero-order valence-electron chi connectivity index (χ0n) is 10.4. The number of nitrogens with zero attached hydrogens (tertiary/aromatic N) is 1. The maximum atomic E-state index is 5.74. The second-order valence-electron chi connectivity index (χ2n) is 5.31. The van der Waals surface area contributed by atoms with Crippen molar-refractivity contribution in [3.05, 3.63) is 35.5 Å². The third-order valence-electron chi connectivity index (χ3n) is 3.88. The number of nitrogens with two attached hydrogens (primary N) is 1. The van der Waals surface area contributed by atoms with Gasteiger partial charge in [-0.15, -0.1) is 0 Å². The summed E-state index contributed by atoms with van der Waals surface area (Å²) in [6.45, 7) is 4.17. The lowest BCUT2D eigenvalue weighted by atomic mass is 9.98. The fraction of sp³-hybridized carbons (Fsp3) is 0.467. The molecule has 2 heteroatoms. The zero-order chi connectivity index (χ0) is 11.8. The summed E-state index contributed by atoms with van der Waals surface area (Å²) >= 11 is 0. The van der Waals surface area contributed by atoms with Crippen LogP contribution in [0.1, 0.15) is 24.5 Å². The molecule has 3 rings (SSSR count). The van der Waals surface area contributed by atoms with Crippen LogP contribution in [0, 0.1) is 5.92 Å². The van der Waals surface area contributed by atoms with Crippen LogP contribution in [0.3, 0.4) is 0 Å². The second kappa shape index (κ2) is 4.19. The van der Waals surface area contributed by atoms with Crippen LogP contribution in [0.4, 0.5) is 0 Å². The van der Waals surface area contributed by atoms with Gasteiger partial charge in [-0.05, 0) is 42.9 Å². The lowest BCUT2D eigenvalue weighted by Gasteiger charge is -2.14. The maximum absolute atomic E-state index is 5.74. The summed E-state index contributed by atoms with van der Waals surface area (Å²) in [5, 5.41) is 1.45. The Morgan fingerprint density at radius 3 is 3.12 bits per heavy atom. The van der Waals surface area contributed by atoms with E-state index in [4.69, 9.17) is 5.73 Å². The summed E-state index contributed by atoms with van der Waals surface area (Å²) in [6, 6.07) is 6.73. The molecule has 0 saturated heterocycles. The number of para-hydroxylation sites is 1. The molecule has 0 fully saturated rings. The first-order valence-corrected chi connectivity index (χ1v) is 6.59. The van der Waals surface area contributed by atoms with Crippen LogP contribution in [0.5, 0.6) is 0 Å². The molecule has 90 valence electrons. The topological polar surface area (TPSA) is 30.9 Å². The molecule has 0 saturated carbocycles. The monoisotopic (exact) mass is 228 g/mol. The van der Waals surface area contributed by atoms with Gasteiger partial charge >= 0.3 is 0 Å². The molecule has 2 nitrogen and oxygen atoms in total. The summed E-state index contributed by atoms with van der Waals surface area (Å²) in [6.07, 6.45) is 5.95. The largest absolute Gasteiger partial charge is 0.347 e. The predicted octanol–water partition coefficient (Wildman–Crippen LogP) is 2.72. The van der Waals surface area contributed by atoms with E-state index >= 15 is 0 Å². The van der Waals surface area contributed by atoms with E-state index < -0.39 is 0 Å². The standard InChI is InChI=1S/C15H20N2/c1-11(9-16)8-13-10-17-7-3-5-12-4-2-6-14(13)15(12)17/h2,4,6,10-11H,3,5,7-9,16H2,1H3. The van der Waals surface area contributed by atoms with Crippen LogP contribution in [-0.2, 0) is 19.4 Å². The van der Waals surface area contributed by atoms with Gasteiger partial charge in [0.2, 0.25) is 0 Å². The molecule has 2 N–H and O–H groups in total. The maximum Gasteiger partial charge on any atom is 0.0515 e. The van der Waals surface area contributed by atoms with Crippen LogP contribution < -0.4 is 5.73 Å². The molecule has 1 aliphatic heterocycles. The summed E-state index contributed by atoms with van der Waals surface area (Å²) in [5.74, 6) is 0.568. The van der Waals surface area contributed by atoms with Gasteiger partial charge in [-0.25, -0.2) is 0 Å². The molecule has 0 aliphatic carbocycles. The van der Waals surface area contributed by atoms with E-state index in [1.54, 1.807) is 0 Å². The molecular formula is C15H20N2. The predicted molar refractivity (Wildman–Crippen MR) is 72.2 cm³/mol. The number of aryl methyl sites for hydroxylation is 2. The van der Waals surface area contributed by atoms with Crippen molar-refractivity contribution in [1.82, 2.24) is 4.57 Å². The Kier molecular flexibility index (Phi) is 2.67. The molecule has 1 unspecified atom stereocenters. The van der Waals surface area contributed by atoms with Gasteiger partial charge in [-0.1, -0.05) is 25.1 Å². The molecule has 1 aliphatic rings. The SMILES string of the molecule is CC(CN)Cc1cn2c3c(cccc13)CCC2. The first-order chi connectivity index (χ1) is 8.29. The van der Waals surface area contributed by atoms with E-state index in [1.807, 2.05) is 0 Å². The highest BCUT2D eigenvalue weighted by molar-refractivity contribution is 5.87. The fourth-order valence-electron chi connectivity index (χ4n) is 2.95. The van der Waals surface area contributed by atoms with Crippen molar-refractivity contribution < 1.29 is 0 Å². The quantitative estimate of drug-likeness (QED) is 0.860. The number of rotatable bonds is 3. The Morgan fingerprint density at radius 1 is 1.41 bits per heavy atom. The average molecular weight is 228 g/mol. The average Bonchev–Trinajstić information content (AvgIpc) is 2.70. The van der Waals surface area contributed by atoms with Crippen LogP contribution in [0.25, 0.3) is 10.9 Å². The lowest BCUT2D eigenvalue weighted by Crippen LogP contribution is -2.12. The number of benzene rings is 1. The van der Waals surface area contributed by atoms with Gasteiger partial charge in [0.15, 0.2) is 0 Å². The third-order valence-corrected chi connectivity index (χ3v) is 3.88. The highest BCUT2D eigenvalue weighted by Crippen LogP contribution is 2.30. The Balaban J connectivity index is 2.12. The number of hydrogen-bond donors (Lipinski definition) is 1. The lowest BCUT2D eigenvalue weighted by molar-refractivity contribution is 0.590. The van der Waals surface area contributed by atoms with E-state index in [1.165, 1.54) is 41.4 Å². The summed E-state index contributed by atoms with van der Waals surface area (Å²) in [4.78, 5) is 0. The Morgan fingerprint density at radius 2 is 2.29 bits per heavy atom. The minimum absolute atomic E-state index is 0.568. The Labute approximate surface area is 102 Å². The van der Waals surface area contributed by atoms with Crippen molar-refractivity contribution in [1.29, 1.82) is 0 Å². The molecule has 0 radical (unpaired) electrons. The van der Waals surface area contributed by atoms with Crippen molar-refractivity contribution in [2.45, 2.75) is 32.7 Å². The van der Waals surface area contributed by atoms with Crippen molar-refractivity contribution >= 4 is 10.9 Å². The normalized spacial score (nSPS) is 16.4. The van der Waals surface area contributed by atoms with E-state index in [0.717, 1.165) is 13.0 Å². The van der Waals surface area contributed by atoms with Gasteiger partial charge in [0, 0.05) is 18.1 Å². The molecule has 2 heterocycles. The molecule has 0 spiro atoms. The number of hydrogen-bond acceptors (Lipinski definition) is 1. The highest BCUT2D eigenvalue weighted by atomic mass is 15.0. The van der Waals surface area contributed by atoms with Crippen LogP contribution >= 0.6 is 0 Å². The Hall–Kier alpha value is -1.28. The minimum atomic E-state index is 0.568. The summed E-state index contributed by atoms with van der Waals surface area (Å²) < 4.78 is 2.44. The first-order valence-electron chi connectivity index (χ1n) is 6.59. The Bertz CT molecular complexity index is 539. The van der Waals surface area contributed by atoms with Crippen molar-refractivity contribution in [3.8, 4) is 0 Å². The smallest absolute Gasteiger partial charge is 0.0515 e. The van der Waals surface area contributed by atoms with E-state index in [-0.39, 0.29) is 0 Å². The molecule has 0 bridgehead atoms. The van der Waals surface area contributed by atoms with Gasteiger partial charge in [0.1, 0.15) is 0 Å². The van der Waals surface area contributed by atoms with Gasteiger partial charge in [-0.2, -0.15) is 0 Å². The van der Waals surface area contributed by atoms with Gasteiger partial charge < -0.3 is 10.3 Å². The van der Waals surface area contributed by atoms with Crippen LogP contribution in [0.15, 0.2) is 24.4 Å². The molecule has 1 aromatic heterocycles. The minimum Gasteiger partial charge on any atom is -0.347 e. The van der Waals surface area contributed by atoms with Gasteiger partial charge in [0.25, 0.3) is 0 Å². The van der Waals surface area contributed by atoms with Crippen molar-refractivity contribution in [2.24, 2.45) is 11.7 Å². The second-order valence-corrected chi connectivity index (χ2v) is 5.31. The fourth-order valence-corrected chi connectivity index (χ4v) is 2.95. The summed E-state index contributed by atoms with van der Waals surface area (Å²) in [7, 11) is 0. The molecule has 17 heavy (non-hydrogen) atoms.